The number of nitrogens with zero attached hydrogens (tertiary/aromatic N) is 3. The van der Waals surface area contributed by atoms with Crippen LogP contribution in [0.3, 0.4) is 0 Å². The van der Waals surface area contributed by atoms with Crippen molar-refractivity contribution in [3.05, 3.63) is 29.3 Å². The minimum absolute atomic E-state index is 0.0550. The van der Waals surface area contributed by atoms with Crippen molar-refractivity contribution in [2.24, 2.45) is 15.4 Å². The molecular weight excluding hydrogens is 614 g/mol. The standard InChI is InChI=1S/C30H42ClN3O5S3/c1-7-8-9-11-18-12-10-13-21(38-6)23(18)25-32-19(15-40-25)26-34(5)20(16-41-26)24(39-22(35)14-31)29(2,3)27-33-30(4,17-42-27)28(36)37/h10,12-13,19-20,24,26H,7-9,11,14-17H2,1-6H3,(H,36,37)/t19-,20+,24-,26-,30-/m1/s1. The smallest absolute Gasteiger partial charge is 0.332 e. The summed E-state index contributed by atoms with van der Waals surface area (Å²) in [6.45, 7) is 7.80. The van der Waals surface area contributed by atoms with E-state index in [1.807, 2.05) is 31.7 Å². The maximum Gasteiger partial charge on any atom is 0.332 e. The maximum absolute atomic E-state index is 12.5. The molecule has 1 aromatic rings. The number of hydrogen-bond donors (Lipinski definition) is 1. The summed E-state index contributed by atoms with van der Waals surface area (Å²) in [5.74, 6) is 1.09. The molecule has 8 nitrogen and oxygen atoms in total. The van der Waals surface area contributed by atoms with Gasteiger partial charge in [0.15, 0.2) is 5.54 Å². The second-order valence-electron chi connectivity index (χ2n) is 11.8. The van der Waals surface area contributed by atoms with Gasteiger partial charge in [-0.2, -0.15) is 0 Å². The average Bonchev–Trinajstić information content (AvgIpc) is 3.70. The number of aliphatic imine (C=N–C) groups is 2. The molecule has 0 spiro atoms. The highest BCUT2D eigenvalue weighted by Crippen LogP contribution is 2.45. The summed E-state index contributed by atoms with van der Waals surface area (Å²) in [6, 6.07) is 6.19. The molecule has 1 saturated heterocycles. The summed E-state index contributed by atoms with van der Waals surface area (Å²) in [4.78, 5) is 36.6. The second kappa shape index (κ2) is 14.1. The molecule has 5 atom stereocenters. The highest BCUT2D eigenvalue weighted by atomic mass is 35.5. The molecule has 0 bridgehead atoms. The number of ether oxygens (including phenoxy) is 2. The first kappa shape index (κ1) is 33.5. The molecule has 42 heavy (non-hydrogen) atoms. The van der Waals surface area contributed by atoms with Gasteiger partial charge in [-0.3, -0.25) is 19.7 Å². The molecule has 232 valence electrons. The number of aliphatic carboxylic acids is 1. The molecule has 0 amide bonds. The summed E-state index contributed by atoms with van der Waals surface area (Å²) in [5.41, 5.74) is 0.478. The molecule has 0 radical (unpaired) electrons. The summed E-state index contributed by atoms with van der Waals surface area (Å²) in [5, 5.41) is 11.5. The molecule has 4 rings (SSSR count). The van der Waals surface area contributed by atoms with Crippen molar-refractivity contribution in [2.45, 2.75) is 82.5 Å². The van der Waals surface area contributed by atoms with E-state index in [4.69, 9.17) is 26.1 Å². The van der Waals surface area contributed by atoms with Crippen LogP contribution in [-0.4, -0.2) is 98.4 Å². The van der Waals surface area contributed by atoms with Crippen LogP contribution < -0.4 is 4.74 Å². The maximum atomic E-state index is 12.5. The van der Waals surface area contributed by atoms with Gasteiger partial charge in [0.2, 0.25) is 0 Å². The van der Waals surface area contributed by atoms with Gasteiger partial charge in [0.05, 0.1) is 40.6 Å². The number of esters is 1. The third-order valence-electron chi connectivity index (χ3n) is 8.24. The van der Waals surface area contributed by atoms with Crippen molar-refractivity contribution in [2.75, 3.05) is 37.3 Å². The molecule has 12 heteroatoms. The molecule has 1 fully saturated rings. The molecule has 3 aliphatic heterocycles. The Morgan fingerprint density at radius 1 is 1.26 bits per heavy atom. The number of rotatable bonds is 13. The lowest BCUT2D eigenvalue weighted by Crippen LogP contribution is -2.54. The Kier molecular flexibility index (Phi) is 11.3. The number of carboxylic acid groups (broad SMARTS) is 1. The minimum Gasteiger partial charge on any atom is -0.496 e. The van der Waals surface area contributed by atoms with E-state index in [1.165, 1.54) is 30.2 Å². The normalized spacial score (nSPS) is 27.1. The van der Waals surface area contributed by atoms with E-state index < -0.39 is 29.0 Å². The van der Waals surface area contributed by atoms with Gasteiger partial charge in [0.25, 0.3) is 0 Å². The lowest BCUT2D eigenvalue weighted by molar-refractivity contribution is -0.153. The van der Waals surface area contributed by atoms with Gasteiger partial charge in [0.1, 0.15) is 22.8 Å². The molecule has 1 N–H and O–H groups in total. The van der Waals surface area contributed by atoms with Crippen molar-refractivity contribution in [3.63, 3.8) is 0 Å². The first-order valence-corrected chi connectivity index (χ1v) is 17.9. The van der Waals surface area contributed by atoms with Gasteiger partial charge in [-0.25, -0.2) is 4.79 Å². The molecule has 1 aromatic carbocycles. The number of carbonyl (C=O) groups is 2. The quantitative estimate of drug-likeness (QED) is 0.160. The van der Waals surface area contributed by atoms with Gasteiger partial charge in [-0.15, -0.1) is 46.9 Å². The van der Waals surface area contributed by atoms with E-state index in [9.17, 15) is 14.7 Å². The summed E-state index contributed by atoms with van der Waals surface area (Å²) in [6.07, 6.45) is 3.93. The van der Waals surface area contributed by atoms with Crippen LogP contribution in [-0.2, 0) is 20.7 Å². The van der Waals surface area contributed by atoms with E-state index in [0.717, 1.165) is 40.7 Å². The fourth-order valence-corrected chi connectivity index (χ4v) is 9.97. The van der Waals surface area contributed by atoms with Crippen LogP contribution >= 0.6 is 46.9 Å². The molecule has 0 aliphatic carbocycles. The Morgan fingerprint density at radius 3 is 2.67 bits per heavy atom. The number of aryl methyl sites for hydroxylation is 1. The Bertz CT molecular complexity index is 1230. The van der Waals surface area contributed by atoms with Crippen LogP contribution in [0.2, 0.25) is 0 Å². The van der Waals surface area contributed by atoms with Crippen LogP contribution in [0.1, 0.15) is 58.1 Å². The molecule has 0 unspecified atom stereocenters. The lowest BCUT2D eigenvalue weighted by Gasteiger charge is -2.40. The van der Waals surface area contributed by atoms with Crippen molar-refractivity contribution < 1.29 is 24.2 Å². The van der Waals surface area contributed by atoms with Crippen LogP contribution in [0.15, 0.2) is 28.2 Å². The highest BCUT2D eigenvalue weighted by molar-refractivity contribution is 8.15. The van der Waals surface area contributed by atoms with Crippen LogP contribution in [0.4, 0.5) is 0 Å². The number of benzene rings is 1. The number of carbonyl (C=O) groups excluding carboxylic acids is 1. The largest absolute Gasteiger partial charge is 0.496 e. The van der Waals surface area contributed by atoms with Gasteiger partial charge < -0.3 is 14.6 Å². The SMILES string of the molecule is CCCCCc1cccc(OC)c1C1=N[C@@H]([C@H]2SC[C@@H]([C@@H](OC(=O)CCl)C(C)(C)C3=N[C@@](C)(C(=O)O)CS3)N2C)CS1. The lowest BCUT2D eigenvalue weighted by atomic mass is 9.82. The van der Waals surface area contributed by atoms with E-state index in [0.29, 0.717) is 10.8 Å². The van der Waals surface area contributed by atoms with E-state index in [-0.39, 0.29) is 23.3 Å². The van der Waals surface area contributed by atoms with E-state index >= 15 is 0 Å². The van der Waals surface area contributed by atoms with Crippen LogP contribution in [0, 0.1) is 5.41 Å². The summed E-state index contributed by atoms with van der Waals surface area (Å²) >= 11 is 10.9. The zero-order chi connectivity index (χ0) is 30.7. The van der Waals surface area contributed by atoms with Crippen LogP contribution in [0.5, 0.6) is 5.75 Å². The Labute approximate surface area is 267 Å². The van der Waals surface area contributed by atoms with Crippen molar-refractivity contribution in [1.82, 2.24) is 4.90 Å². The number of methoxy groups -OCH3 is 1. The summed E-state index contributed by atoms with van der Waals surface area (Å²) < 4.78 is 11.8. The molecule has 3 aliphatic rings. The Morgan fingerprint density at radius 2 is 2.02 bits per heavy atom. The van der Waals surface area contributed by atoms with Crippen molar-refractivity contribution in [1.29, 1.82) is 0 Å². The van der Waals surface area contributed by atoms with Crippen molar-refractivity contribution >= 4 is 68.9 Å². The monoisotopic (exact) mass is 655 g/mol. The van der Waals surface area contributed by atoms with Crippen molar-refractivity contribution in [3.8, 4) is 5.75 Å². The Balaban J connectivity index is 1.58. The number of unbranched alkanes of at least 4 members (excludes halogenated alkanes) is 2. The van der Waals surface area contributed by atoms with Crippen LogP contribution in [0.25, 0.3) is 0 Å². The highest BCUT2D eigenvalue weighted by Gasteiger charge is 2.52. The third kappa shape index (κ3) is 6.95. The van der Waals surface area contributed by atoms with Gasteiger partial charge in [0, 0.05) is 17.3 Å². The number of halogens is 1. The topological polar surface area (TPSA) is 101 Å². The zero-order valence-electron chi connectivity index (χ0n) is 25.2. The van der Waals surface area contributed by atoms with Gasteiger partial charge in [-0.1, -0.05) is 45.7 Å². The zero-order valence-corrected chi connectivity index (χ0v) is 28.4. The fraction of sp³-hybridized carbons (Fsp3) is 0.667. The first-order valence-electron chi connectivity index (χ1n) is 14.4. The predicted octanol–water partition coefficient (Wildman–Crippen LogP) is 5.83. The summed E-state index contributed by atoms with van der Waals surface area (Å²) in [7, 11) is 3.78. The predicted molar refractivity (Wildman–Crippen MR) is 177 cm³/mol. The second-order valence-corrected chi connectivity index (χ2v) is 15.2. The number of thioether (sulfide) groups is 3. The molecule has 3 heterocycles. The van der Waals surface area contributed by atoms with E-state index in [1.54, 1.807) is 25.8 Å². The number of likely N-dealkylation sites (N-methyl/N-ethyl adjacent to an activating group) is 1. The minimum atomic E-state index is -1.20. The third-order valence-corrected chi connectivity index (χ3v) is 12.7. The number of hydrogen-bond acceptors (Lipinski definition) is 10. The van der Waals surface area contributed by atoms with Gasteiger partial charge in [-0.05, 0) is 38.4 Å². The number of carboxylic acids is 1. The molecule has 0 aromatic heterocycles. The van der Waals surface area contributed by atoms with Gasteiger partial charge >= 0.3 is 11.9 Å². The Hall–Kier alpha value is -1.40. The molecular formula is C30H42ClN3O5S3. The average molecular weight is 656 g/mol. The number of alkyl halides is 1. The van der Waals surface area contributed by atoms with E-state index in [2.05, 4.69) is 36.0 Å². The fourth-order valence-electron chi connectivity index (χ4n) is 5.68. The first-order chi connectivity index (χ1) is 20.0. The molecule has 0 saturated carbocycles.